The summed E-state index contributed by atoms with van der Waals surface area (Å²) in [5, 5.41) is 6.77. The highest BCUT2D eigenvalue weighted by Gasteiger charge is 2.14. The van der Waals surface area contributed by atoms with Crippen LogP contribution in [0.15, 0.2) is 23.8 Å². The number of nitrogens with zero attached hydrogens (tertiary/aromatic N) is 2. The molecule has 3 heterocycles. The largest absolute Gasteiger partial charge is 0.362 e. The van der Waals surface area contributed by atoms with Crippen LogP contribution in [0.25, 0.3) is 10.2 Å². The van der Waals surface area contributed by atoms with Gasteiger partial charge in [0.1, 0.15) is 17.0 Å². The van der Waals surface area contributed by atoms with Gasteiger partial charge in [0.15, 0.2) is 0 Å². The Balaban J connectivity index is 2.01. The van der Waals surface area contributed by atoms with Crippen molar-refractivity contribution in [3.63, 3.8) is 0 Å². The minimum atomic E-state index is 0.262. The third-order valence-corrected chi connectivity index (χ3v) is 5.46. The van der Waals surface area contributed by atoms with E-state index in [4.69, 9.17) is 0 Å². The van der Waals surface area contributed by atoms with Gasteiger partial charge in [-0.1, -0.05) is 6.07 Å². The van der Waals surface area contributed by atoms with Gasteiger partial charge in [-0.15, -0.1) is 22.7 Å². The average molecular weight is 289 g/mol. The fraction of sp³-hybridized carbons (Fsp3) is 0.286. The summed E-state index contributed by atoms with van der Waals surface area (Å²) in [6, 6.07) is 4.48. The van der Waals surface area contributed by atoms with E-state index in [1.54, 1.807) is 29.0 Å². The standard InChI is InChI=1S/C14H15N3S2/c1-8-10(3)19-14-12(8)13(15-7-16-14)17-9(2)11-5-4-6-18-11/h4-7,9H,1-3H3,(H,15,16,17)/t9-/m1/s1. The Kier molecular flexibility index (Phi) is 3.24. The first-order valence-electron chi connectivity index (χ1n) is 6.17. The summed E-state index contributed by atoms with van der Waals surface area (Å²) >= 11 is 3.49. The highest BCUT2D eigenvalue weighted by Crippen LogP contribution is 2.34. The second-order valence-corrected chi connectivity index (χ2v) is 6.75. The van der Waals surface area contributed by atoms with Gasteiger partial charge in [-0.2, -0.15) is 0 Å². The molecule has 5 heteroatoms. The van der Waals surface area contributed by atoms with Crippen LogP contribution >= 0.6 is 22.7 Å². The molecular formula is C14H15N3S2. The van der Waals surface area contributed by atoms with Crippen LogP contribution in [-0.4, -0.2) is 9.97 Å². The number of aromatic nitrogens is 2. The Morgan fingerprint density at radius 1 is 1.26 bits per heavy atom. The maximum Gasteiger partial charge on any atom is 0.138 e. The first-order valence-corrected chi connectivity index (χ1v) is 7.87. The van der Waals surface area contributed by atoms with Crippen molar-refractivity contribution in [3.05, 3.63) is 39.2 Å². The van der Waals surface area contributed by atoms with Crippen molar-refractivity contribution in [2.45, 2.75) is 26.8 Å². The zero-order valence-electron chi connectivity index (χ0n) is 11.1. The first kappa shape index (κ1) is 12.6. The Morgan fingerprint density at radius 3 is 2.84 bits per heavy atom. The Hall–Kier alpha value is -1.46. The number of nitrogens with one attached hydrogen (secondary N) is 1. The van der Waals surface area contributed by atoms with E-state index in [1.165, 1.54) is 15.3 Å². The molecular weight excluding hydrogens is 274 g/mol. The fourth-order valence-corrected chi connectivity index (χ4v) is 3.84. The molecule has 1 N–H and O–H groups in total. The highest BCUT2D eigenvalue weighted by molar-refractivity contribution is 7.18. The molecule has 0 unspecified atom stereocenters. The number of fused-ring (bicyclic) bond motifs is 1. The number of aryl methyl sites for hydroxylation is 2. The molecule has 19 heavy (non-hydrogen) atoms. The number of hydrogen-bond acceptors (Lipinski definition) is 5. The predicted octanol–water partition coefficient (Wildman–Crippen LogP) is 4.54. The smallest absolute Gasteiger partial charge is 0.138 e. The minimum absolute atomic E-state index is 0.262. The average Bonchev–Trinajstić information content (AvgIpc) is 3.00. The normalized spacial score (nSPS) is 12.8. The van der Waals surface area contributed by atoms with Gasteiger partial charge in [0.2, 0.25) is 0 Å². The lowest BCUT2D eigenvalue weighted by Gasteiger charge is -2.13. The highest BCUT2D eigenvalue weighted by atomic mass is 32.1. The Labute approximate surface area is 120 Å². The second-order valence-electron chi connectivity index (χ2n) is 4.57. The van der Waals surface area contributed by atoms with E-state index in [0.29, 0.717) is 0 Å². The Bertz CT molecular complexity index is 701. The summed E-state index contributed by atoms with van der Waals surface area (Å²) < 4.78 is 0. The third-order valence-electron chi connectivity index (χ3n) is 3.29. The van der Waals surface area contributed by atoms with Gasteiger partial charge >= 0.3 is 0 Å². The molecule has 0 amide bonds. The van der Waals surface area contributed by atoms with Crippen LogP contribution in [-0.2, 0) is 0 Å². The zero-order valence-corrected chi connectivity index (χ0v) is 12.7. The molecule has 0 bridgehead atoms. The molecule has 0 fully saturated rings. The lowest BCUT2D eigenvalue weighted by molar-refractivity contribution is 0.898. The van der Waals surface area contributed by atoms with Crippen LogP contribution in [0.5, 0.6) is 0 Å². The lowest BCUT2D eigenvalue weighted by atomic mass is 10.2. The van der Waals surface area contributed by atoms with Crippen LogP contribution in [0.4, 0.5) is 5.82 Å². The Morgan fingerprint density at radius 2 is 2.11 bits per heavy atom. The molecule has 0 spiro atoms. The molecule has 0 saturated heterocycles. The van der Waals surface area contributed by atoms with E-state index < -0.39 is 0 Å². The molecule has 3 aromatic rings. The molecule has 1 atom stereocenters. The van der Waals surface area contributed by atoms with Gasteiger partial charge in [-0.3, -0.25) is 0 Å². The van der Waals surface area contributed by atoms with Crippen molar-refractivity contribution >= 4 is 38.7 Å². The monoisotopic (exact) mass is 289 g/mol. The van der Waals surface area contributed by atoms with Crippen LogP contribution in [0.1, 0.15) is 28.3 Å². The molecule has 0 radical (unpaired) electrons. The van der Waals surface area contributed by atoms with Gasteiger partial charge in [-0.05, 0) is 37.8 Å². The molecule has 3 rings (SSSR count). The molecule has 0 saturated carbocycles. The fourth-order valence-electron chi connectivity index (χ4n) is 2.11. The minimum Gasteiger partial charge on any atom is -0.362 e. The van der Waals surface area contributed by atoms with Gasteiger partial charge in [0, 0.05) is 9.75 Å². The van der Waals surface area contributed by atoms with Crippen molar-refractivity contribution in [2.75, 3.05) is 5.32 Å². The van der Waals surface area contributed by atoms with Gasteiger partial charge < -0.3 is 5.32 Å². The van der Waals surface area contributed by atoms with E-state index in [2.05, 4.69) is 53.6 Å². The van der Waals surface area contributed by atoms with E-state index in [-0.39, 0.29) is 6.04 Å². The molecule has 0 aliphatic carbocycles. The van der Waals surface area contributed by atoms with Gasteiger partial charge in [0.05, 0.1) is 11.4 Å². The van der Waals surface area contributed by atoms with Crippen molar-refractivity contribution in [1.82, 2.24) is 9.97 Å². The SMILES string of the molecule is Cc1sc2ncnc(N[C@H](C)c3cccs3)c2c1C. The van der Waals surface area contributed by atoms with Crippen molar-refractivity contribution in [2.24, 2.45) is 0 Å². The molecule has 3 aromatic heterocycles. The number of anilines is 1. The van der Waals surface area contributed by atoms with Crippen LogP contribution < -0.4 is 5.32 Å². The number of thiophene rings is 2. The van der Waals surface area contributed by atoms with E-state index in [1.807, 2.05) is 0 Å². The molecule has 3 nitrogen and oxygen atoms in total. The van der Waals surface area contributed by atoms with Crippen molar-refractivity contribution in [1.29, 1.82) is 0 Å². The quantitative estimate of drug-likeness (QED) is 0.769. The topological polar surface area (TPSA) is 37.8 Å². The van der Waals surface area contributed by atoms with E-state index >= 15 is 0 Å². The van der Waals surface area contributed by atoms with Crippen molar-refractivity contribution < 1.29 is 0 Å². The molecule has 98 valence electrons. The molecule has 0 aliphatic rings. The van der Waals surface area contributed by atoms with Gasteiger partial charge in [-0.25, -0.2) is 9.97 Å². The number of hydrogen-bond donors (Lipinski definition) is 1. The maximum atomic E-state index is 4.42. The zero-order chi connectivity index (χ0) is 13.4. The van der Waals surface area contributed by atoms with Crippen molar-refractivity contribution in [3.8, 4) is 0 Å². The van der Waals surface area contributed by atoms with E-state index in [0.717, 1.165) is 16.0 Å². The molecule has 0 aromatic carbocycles. The lowest BCUT2D eigenvalue weighted by Crippen LogP contribution is -2.07. The van der Waals surface area contributed by atoms with E-state index in [9.17, 15) is 0 Å². The van der Waals surface area contributed by atoms with Crippen LogP contribution in [0.2, 0.25) is 0 Å². The summed E-state index contributed by atoms with van der Waals surface area (Å²) in [6.45, 7) is 6.43. The molecule has 0 aliphatic heterocycles. The number of rotatable bonds is 3. The first-order chi connectivity index (χ1) is 9.16. The summed E-state index contributed by atoms with van der Waals surface area (Å²) in [4.78, 5) is 12.5. The predicted molar refractivity (Wildman–Crippen MR) is 83.2 cm³/mol. The second kappa shape index (κ2) is 4.90. The maximum absolute atomic E-state index is 4.42. The van der Waals surface area contributed by atoms with Gasteiger partial charge in [0.25, 0.3) is 0 Å². The third kappa shape index (κ3) is 2.24. The van der Waals surface area contributed by atoms with Crippen LogP contribution in [0, 0.1) is 13.8 Å². The summed E-state index contributed by atoms with van der Waals surface area (Å²) in [7, 11) is 0. The summed E-state index contributed by atoms with van der Waals surface area (Å²) in [6.07, 6.45) is 1.64. The van der Waals surface area contributed by atoms with Crippen LogP contribution in [0.3, 0.4) is 0 Å². The summed E-state index contributed by atoms with van der Waals surface area (Å²) in [5.74, 6) is 0.938. The summed E-state index contributed by atoms with van der Waals surface area (Å²) in [5.41, 5.74) is 1.28.